The van der Waals surface area contributed by atoms with Crippen LogP contribution in [0.4, 0.5) is 44.3 Å². The van der Waals surface area contributed by atoms with Crippen LogP contribution in [0.1, 0.15) is 12.8 Å². The molecule has 0 spiro atoms. The molecule has 0 unspecified atom stereocenters. The summed E-state index contributed by atoms with van der Waals surface area (Å²) in [4.78, 5) is 11.9. The number of amides is 1. The highest BCUT2D eigenvalue weighted by Crippen LogP contribution is 2.36. The number of carbonyl (C=O) groups excluding carboxylic acids is 1. The fourth-order valence-corrected chi connectivity index (χ4v) is 4.41. The molecular weight excluding hydrogens is 551 g/mol. The lowest BCUT2D eigenvalue weighted by molar-refractivity contribution is -0.308. The molecule has 200 valence electrons. The monoisotopic (exact) mass is 566 g/mol. The normalized spacial score (nSPS) is 16.5. The number of carbonyl (C=O) groups is 1. The second-order valence-electron chi connectivity index (χ2n) is 7.27. The van der Waals surface area contributed by atoms with E-state index in [-0.39, 0.29) is 32.5 Å². The van der Waals surface area contributed by atoms with Gasteiger partial charge in [0.2, 0.25) is 10.0 Å². The van der Waals surface area contributed by atoms with E-state index in [1.807, 2.05) is 0 Å². The molecule has 35 heavy (non-hydrogen) atoms. The predicted molar refractivity (Wildman–Crippen MR) is 100.0 cm³/mol. The van der Waals surface area contributed by atoms with Crippen LogP contribution in [0.15, 0.2) is 23.1 Å². The van der Waals surface area contributed by atoms with Crippen LogP contribution in [0.2, 0.25) is 5.02 Å². The summed E-state index contributed by atoms with van der Waals surface area (Å²) in [5.74, 6) is -1.28. The van der Waals surface area contributed by atoms with Gasteiger partial charge in [-0.1, -0.05) is 11.6 Å². The summed E-state index contributed by atoms with van der Waals surface area (Å²) in [7, 11) is -4.25. The number of nitrogens with one attached hydrogen (secondary N) is 1. The van der Waals surface area contributed by atoms with Crippen molar-refractivity contribution in [2.45, 2.75) is 42.6 Å². The van der Waals surface area contributed by atoms with E-state index in [0.29, 0.717) is 11.0 Å². The zero-order chi connectivity index (χ0) is 26.8. The van der Waals surface area contributed by atoms with Crippen molar-refractivity contribution >= 4 is 27.7 Å². The van der Waals surface area contributed by atoms with E-state index in [9.17, 15) is 52.7 Å². The second kappa shape index (κ2) is 10.5. The highest BCUT2D eigenvalue weighted by atomic mass is 35.5. The maximum absolute atomic E-state index is 12.5. The number of nitrogens with zero attached hydrogens (tertiary/aromatic N) is 1. The quantitative estimate of drug-likeness (QED) is 0.497. The first-order valence-corrected chi connectivity index (χ1v) is 11.3. The van der Waals surface area contributed by atoms with Crippen molar-refractivity contribution in [1.29, 1.82) is 0 Å². The zero-order valence-corrected chi connectivity index (χ0v) is 18.7. The van der Waals surface area contributed by atoms with Gasteiger partial charge in [0.1, 0.15) is 5.75 Å². The topological polar surface area (TPSA) is 84.9 Å². The Morgan fingerprint density at radius 2 is 1.60 bits per heavy atom. The van der Waals surface area contributed by atoms with Crippen molar-refractivity contribution in [3.8, 4) is 5.75 Å². The number of halogens is 10. The van der Waals surface area contributed by atoms with E-state index in [0.717, 1.165) is 12.1 Å². The second-order valence-corrected chi connectivity index (χ2v) is 9.44. The Morgan fingerprint density at radius 3 is 2.06 bits per heavy atom. The molecule has 2 rings (SSSR count). The Bertz CT molecular complexity index is 993. The summed E-state index contributed by atoms with van der Waals surface area (Å²) in [6.07, 6.45) is -22.8. The molecule has 1 aliphatic rings. The van der Waals surface area contributed by atoms with E-state index >= 15 is 0 Å². The standard InChI is InChI=1S/C17H16ClF9N2O5S/c18-11-7-10(1-2-12(11)34-17(25,26)27)35(31,32)28-8-9-3-5-29(6-4-9)14(30)33-13(15(19,20)21)16(22,23)24/h1-2,7,9,13,28H,3-6,8H2. The highest BCUT2D eigenvalue weighted by molar-refractivity contribution is 7.89. The molecule has 1 fully saturated rings. The average molecular weight is 567 g/mol. The summed E-state index contributed by atoms with van der Waals surface area (Å²) in [5.41, 5.74) is 0. The molecule has 0 atom stereocenters. The van der Waals surface area contributed by atoms with Crippen LogP contribution in [0.25, 0.3) is 0 Å². The van der Waals surface area contributed by atoms with Gasteiger partial charge < -0.3 is 14.4 Å². The number of rotatable bonds is 6. The van der Waals surface area contributed by atoms with Crippen molar-refractivity contribution in [2.75, 3.05) is 19.6 Å². The van der Waals surface area contributed by atoms with Gasteiger partial charge in [0.25, 0.3) is 6.10 Å². The number of piperidine rings is 1. The van der Waals surface area contributed by atoms with Crippen LogP contribution in [0.3, 0.4) is 0 Å². The number of hydrogen-bond acceptors (Lipinski definition) is 5. The minimum atomic E-state index is -5.86. The lowest BCUT2D eigenvalue weighted by Crippen LogP contribution is -2.49. The summed E-state index contributed by atoms with van der Waals surface area (Å²) >= 11 is 5.62. The molecule has 0 aliphatic carbocycles. The first-order valence-electron chi connectivity index (χ1n) is 9.43. The van der Waals surface area contributed by atoms with Gasteiger partial charge in [-0.2, -0.15) is 26.3 Å². The minimum absolute atomic E-state index is 0.0133. The van der Waals surface area contributed by atoms with Gasteiger partial charge in [-0.05, 0) is 37.0 Å². The van der Waals surface area contributed by atoms with E-state index < -0.39 is 62.5 Å². The number of hydrogen-bond donors (Lipinski definition) is 1. The lowest BCUT2D eigenvalue weighted by atomic mass is 9.97. The molecule has 0 saturated carbocycles. The molecule has 18 heteroatoms. The Labute approximate surface area is 197 Å². The van der Waals surface area contributed by atoms with Crippen LogP contribution in [0, 0.1) is 5.92 Å². The van der Waals surface area contributed by atoms with Gasteiger partial charge in [0.05, 0.1) is 9.92 Å². The van der Waals surface area contributed by atoms with Crippen LogP contribution >= 0.6 is 11.6 Å². The molecule has 0 aromatic heterocycles. The van der Waals surface area contributed by atoms with Gasteiger partial charge >= 0.3 is 24.8 Å². The summed E-state index contributed by atoms with van der Waals surface area (Å²) < 4.78 is 146. The summed E-state index contributed by atoms with van der Waals surface area (Å²) in [6, 6.07) is 2.23. The first-order chi connectivity index (χ1) is 15.8. The van der Waals surface area contributed by atoms with Crippen molar-refractivity contribution in [3.63, 3.8) is 0 Å². The third-order valence-corrected chi connectivity index (χ3v) is 6.40. The van der Waals surface area contributed by atoms with Gasteiger partial charge in [-0.3, -0.25) is 0 Å². The van der Waals surface area contributed by atoms with Crippen LogP contribution in [0.5, 0.6) is 5.75 Å². The third-order valence-electron chi connectivity index (χ3n) is 4.69. The Morgan fingerprint density at radius 1 is 1.06 bits per heavy atom. The zero-order valence-electron chi connectivity index (χ0n) is 17.1. The van der Waals surface area contributed by atoms with Crippen LogP contribution in [-0.4, -0.2) is 63.9 Å². The molecular formula is C17H16ClF9N2O5S. The molecule has 7 nitrogen and oxygen atoms in total. The molecule has 1 aromatic carbocycles. The van der Waals surface area contributed by atoms with E-state index in [1.165, 1.54) is 0 Å². The predicted octanol–water partition coefficient (Wildman–Crippen LogP) is 4.86. The third kappa shape index (κ3) is 8.49. The van der Waals surface area contributed by atoms with Gasteiger partial charge in [-0.15, -0.1) is 13.2 Å². The molecule has 1 N–H and O–H groups in total. The Hall–Kier alpha value is -2.14. The van der Waals surface area contributed by atoms with E-state index in [2.05, 4.69) is 14.2 Å². The van der Waals surface area contributed by atoms with Crippen molar-refractivity contribution in [2.24, 2.45) is 5.92 Å². The van der Waals surface area contributed by atoms with E-state index in [1.54, 1.807) is 0 Å². The minimum Gasteiger partial charge on any atom is -0.426 e. The Kier molecular flexibility index (Phi) is 8.69. The van der Waals surface area contributed by atoms with Gasteiger partial charge in [0, 0.05) is 19.6 Å². The Balaban J connectivity index is 1.92. The smallest absolute Gasteiger partial charge is 0.426 e. The molecule has 1 saturated heterocycles. The lowest BCUT2D eigenvalue weighted by Gasteiger charge is -2.33. The molecule has 1 aliphatic heterocycles. The number of alkyl halides is 9. The fourth-order valence-electron chi connectivity index (χ4n) is 2.98. The molecule has 0 bridgehead atoms. The summed E-state index contributed by atoms with van der Waals surface area (Å²) in [5, 5.41) is -0.631. The number of ether oxygens (including phenoxy) is 2. The summed E-state index contributed by atoms with van der Waals surface area (Å²) in [6.45, 7) is -0.844. The van der Waals surface area contributed by atoms with Crippen molar-refractivity contribution in [3.05, 3.63) is 23.2 Å². The number of likely N-dealkylation sites (tertiary alicyclic amines) is 1. The van der Waals surface area contributed by atoms with Crippen molar-refractivity contribution in [1.82, 2.24) is 9.62 Å². The van der Waals surface area contributed by atoms with Crippen LogP contribution in [-0.2, 0) is 14.8 Å². The molecule has 1 aromatic rings. The molecule has 1 heterocycles. The maximum Gasteiger partial charge on any atom is 0.573 e. The molecule has 0 radical (unpaired) electrons. The van der Waals surface area contributed by atoms with Gasteiger partial charge in [-0.25, -0.2) is 17.9 Å². The largest absolute Gasteiger partial charge is 0.573 e. The SMILES string of the molecule is O=C(OC(C(F)(F)F)C(F)(F)F)N1CCC(CNS(=O)(=O)c2ccc(OC(F)(F)F)c(Cl)c2)CC1. The number of sulfonamides is 1. The van der Waals surface area contributed by atoms with Crippen molar-refractivity contribution < 1.29 is 62.2 Å². The highest BCUT2D eigenvalue weighted by Gasteiger charge is 2.60. The average Bonchev–Trinajstić information content (AvgIpc) is 2.69. The van der Waals surface area contributed by atoms with Crippen LogP contribution < -0.4 is 9.46 Å². The fraction of sp³-hybridized carbons (Fsp3) is 0.588. The molecule has 1 amide bonds. The first kappa shape index (κ1) is 29.1. The number of benzene rings is 1. The van der Waals surface area contributed by atoms with E-state index in [4.69, 9.17) is 11.6 Å². The van der Waals surface area contributed by atoms with Gasteiger partial charge in [0.15, 0.2) is 0 Å². The maximum atomic E-state index is 12.5.